The highest BCUT2D eigenvalue weighted by Gasteiger charge is 2.26. The predicted octanol–water partition coefficient (Wildman–Crippen LogP) is 4.37. The number of nitrogens with two attached hydrogens (primary N) is 1. The van der Waals surface area contributed by atoms with Crippen molar-refractivity contribution in [3.05, 3.63) is 77.9 Å². The Morgan fingerprint density at radius 2 is 2.03 bits per heavy atom. The van der Waals surface area contributed by atoms with Gasteiger partial charge < -0.3 is 25.8 Å². The van der Waals surface area contributed by atoms with Gasteiger partial charge in [-0.25, -0.2) is 4.98 Å². The lowest BCUT2D eigenvalue weighted by molar-refractivity contribution is -0.126. The van der Waals surface area contributed by atoms with E-state index in [0.29, 0.717) is 18.3 Å². The van der Waals surface area contributed by atoms with Crippen molar-refractivity contribution in [1.82, 2.24) is 20.2 Å². The minimum Gasteiger partial charge on any atom is -0.399 e. The van der Waals surface area contributed by atoms with Crippen LogP contribution in [0.5, 0.6) is 0 Å². The van der Waals surface area contributed by atoms with E-state index in [1.165, 1.54) is 16.5 Å². The van der Waals surface area contributed by atoms with Crippen LogP contribution in [0.2, 0.25) is 0 Å². The number of nitrogens with one attached hydrogen (secondary N) is 2. The summed E-state index contributed by atoms with van der Waals surface area (Å²) < 4.78 is 2.45. The van der Waals surface area contributed by atoms with Gasteiger partial charge in [0.25, 0.3) is 0 Å². The second-order valence-electron chi connectivity index (χ2n) is 10.0. The summed E-state index contributed by atoms with van der Waals surface area (Å²) in [5.74, 6) is 0.218. The monoisotopic (exact) mass is 512 g/mol. The fourth-order valence-electron chi connectivity index (χ4n) is 5.34. The van der Waals surface area contributed by atoms with E-state index in [9.17, 15) is 4.79 Å². The van der Waals surface area contributed by atoms with E-state index in [1.807, 2.05) is 23.7 Å². The molecule has 0 saturated carbocycles. The summed E-state index contributed by atoms with van der Waals surface area (Å²) in [4.78, 5) is 19.3. The summed E-state index contributed by atoms with van der Waals surface area (Å²) in [6.45, 7) is 7.97. The van der Waals surface area contributed by atoms with Crippen LogP contribution in [0.3, 0.4) is 0 Å². The van der Waals surface area contributed by atoms with E-state index in [2.05, 4.69) is 68.2 Å². The molecule has 6 rings (SSSR count). The average molecular weight is 513 g/mol. The van der Waals surface area contributed by atoms with Gasteiger partial charge in [-0.15, -0.1) is 11.3 Å². The lowest BCUT2D eigenvalue weighted by Gasteiger charge is -2.33. The standard InChI is InChI=1S/C29H32N6OS/c1-19(30)21-3-2-4-22(14-21)26-18-35(24-7-10-34(11-8-24)29-32-9-12-37-29)27-13-20(5-6-25(26)27)15-33-28(36)23-16-31-17-23/h2-6,9,12-14,18,23-24,31H,1,7-8,10-11,15-17,30H2,(H,33,36). The van der Waals surface area contributed by atoms with Crippen molar-refractivity contribution in [2.24, 2.45) is 11.7 Å². The summed E-state index contributed by atoms with van der Waals surface area (Å²) in [7, 11) is 0. The van der Waals surface area contributed by atoms with Crippen molar-refractivity contribution in [3.8, 4) is 11.1 Å². The number of fused-ring (bicyclic) bond motifs is 1. The van der Waals surface area contributed by atoms with E-state index >= 15 is 0 Å². The first kappa shape index (κ1) is 23.8. The molecule has 2 saturated heterocycles. The molecule has 2 aromatic carbocycles. The number of aromatic nitrogens is 2. The van der Waals surface area contributed by atoms with Gasteiger partial charge in [-0.2, -0.15) is 0 Å². The molecule has 0 spiro atoms. The highest BCUT2D eigenvalue weighted by atomic mass is 32.1. The first-order valence-corrected chi connectivity index (χ1v) is 13.8. The first-order chi connectivity index (χ1) is 18.1. The topological polar surface area (TPSA) is 88.2 Å². The molecule has 0 unspecified atom stereocenters. The summed E-state index contributed by atoms with van der Waals surface area (Å²) >= 11 is 1.70. The van der Waals surface area contributed by atoms with E-state index in [-0.39, 0.29) is 11.8 Å². The molecule has 7 nitrogen and oxygen atoms in total. The third-order valence-corrected chi connectivity index (χ3v) is 8.44. The lowest BCUT2D eigenvalue weighted by Crippen LogP contribution is -2.50. The number of rotatable bonds is 7. The third kappa shape index (κ3) is 4.74. The zero-order chi connectivity index (χ0) is 25.4. The minimum atomic E-state index is 0.0896. The molecule has 0 radical (unpaired) electrons. The molecule has 4 aromatic rings. The first-order valence-electron chi connectivity index (χ1n) is 12.9. The van der Waals surface area contributed by atoms with Gasteiger partial charge in [-0.05, 0) is 41.7 Å². The van der Waals surface area contributed by atoms with Gasteiger partial charge in [0.1, 0.15) is 0 Å². The fourth-order valence-corrected chi connectivity index (χ4v) is 6.04. The summed E-state index contributed by atoms with van der Waals surface area (Å²) in [6, 6.07) is 15.3. The predicted molar refractivity (Wildman–Crippen MR) is 151 cm³/mol. The van der Waals surface area contributed by atoms with Crippen molar-refractivity contribution in [2.75, 3.05) is 31.1 Å². The van der Waals surface area contributed by atoms with E-state index in [0.717, 1.165) is 60.8 Å². The number of piperidine rings is 1. The Kier molecular flexibility index (Phi) is 6.44. The van der Waals surface area contributed by atoms with Gasteiger partial charge in [0.15, 0.2) is 5.13 Å². The quantitative estimate of drug-likeness (QED) is 0.342. The Hall–Kier alpha value is -3.62. The van der Waals surface area contributed by atoms with Crippen LogP contribution in [0.25, 0.3) is 27.7 Å². The smallest absolute Gasteiger partial charge is 0.225 e. The van der Waals surface area contributed by atoms with Gasteiger partial charge in [0.05, 0.1) is 5.92 Å². The number of hydrogen-bond donors (Lipinski definition) is 3. The molecule has 8 heteroatoms. The maximum atomic E-state index is 12.4. The number of carbonyl (C=O) groups is 1. The van der Waals surface area contributed by atoms with E-state index < -0.39 is 0 Å². The maximum absolute atomic E-state index is 12.4. The van der Waals surface area contributed by atoms with Crippen molar-refractivity contribution in [2.45, 2.75) is 25.4 Å². The summed E-state index contributed by atoms with van der Waals surface area (Å²) in [6.07, 6.45) is 6.29. The minimum absolute atomic E-state index is 0.0896. The van der Waals surface area contributed by atoms with E-state index in [4.69, 9.17) is 5.73 Å². The molecule has 2 aliphatic heterocycles. The Morgan fingerprint density at radius 1 is 1.19 bits per heavy atom. The zero-order valence-electron chi connectivity index (χ0n) is 20.8. The Morgan fingerprint density at radius 3 is 2.73 bits per heavy atom. The zero-order valence-corrected chi connectivity index (χ0v) is 21.6. The lowest BCUT2D eigenvalue weighted by atomic mass is 10.0. The molecule has 0 atom stereocenters. The van der Waals surface area contributed by atoms with Crippen LogP contribution in [0, 0.1) is 5.92 Å². The number of carbonyl (C=O) groups excluding carboxylic acids is 1. The van der Waals surface area contributed by atoms with Crippen molar-refractivity contribution in [1.29, 1.82) is 0 Å². The SMILES string of the molecule is C=C(N)c1cccc(-c2cn(C3CCN(c4nccs4)CC3)c3cc(CNC(=O)C4CNC4)ccc23)c1. The van der Waals surface area contributed by atoms with Crippen LogP contribution in [0.1, 0.15) is 30.0 Å². The molecular formula is C29H32N6OS. The third-order valence-electron chi connectivity index (χ3n) is 7.61. The van der Waals surface area contributed by atoms with Gasteiger partial charge >= 0.3 is 0 Å². The molecule has 2 aliphatic rings. The Bertz CT molecular complexity index is 1430. The van der Waals surface area contributed by atoms with Crippen LogP contribution < -0.4 is 21.3 Å². The average Bonchev–Trinajstić information content (AvgIpc) is 3.55. The normalized spacial score (nSPS) is 16.6. The molecule has 4 heterocycles. The Balaban J connectivity index is 1.33. The molecule has 190 valence electrons. The van der Waals surface area contributed by atoms with Crippen molar-refractivity contribution < 1.29 is 4.79 Å². The number of nitrogens with zero attached hydrogens (tertiary/aromatic N) is 3. The second kappa shape index (κ2) is 10.0. The largest absolute Gasteiger partial charge is 0.399 e. The summed E-state index contributed by atoms with van der Waals surface area (Å²) in [5, 5.41) is 10.6. The van der Waals surface area contributed by atoms with Gasteiger partial charge in [-0.3, -0.25) is 4.79 Å². The number of thiazole rings is 1. The van der Waals surface area contributed by atoms with Gasteiger partial charge in [-0.1, -0.05) is 36.9 Å². The molecule has 2 fully saturated rings. The van der Waals surface area contributed by atoms with E-state index in [1.54, 1.807) is 11.3 Å². The van der Waals surface area contributed by atoms with Crippen LogP contribution >= 0.6 is 11.3 Å². The number of hydrogen-bond acceptors (Lipinski definition) is 6. The highest BCUT2D eigenvalue weighted by molar-refractivity contribution is 7.13. The highest BCUT2D eigenvalue weighted by Crippen LogP contribution is 2.37. The van der Waals surface area contributed by atoms with Crippen LogP contribution in [-0.2, 0) is 11.3 Å². The van der Waals surface area contributed by atoms with Crippen LogP contribution in [-0.4, -0.2) is 41.6 Å². The van der Waals surface area contributed by atoms with Crippen molar-refractivity contribution >= 4 is 39.0 Å². The fraction of sp³-hybridized carbons (Fsp3) is 0.310. The second-order valence-corrected chi connectivity index (χ2v) is 10.9. The molecular weight excluding hydrogens is 480 g/mol. The molecule has 37 heavy (non-hydrogen) atoms. The number of benzene rings is 2. The molecule has 1 amide bonds. The maximum Gasteiger partial charge on any atom is 0.225 e. The number of amides is 1. The van der Waals surface area contributed by atoms with Gasteiger partial charge in [0, 0.05) is 78.7 Å². The molecule has 0 aliphatic carbocycles. The van der Waals surface area contributed by atoms with Crippen LogP contribution in [0.4, 0.5) is 5.13 Å². The molecule has 2 aromatic heterocycles. The van der Waals surface area contributed by atoms with Crippen LogP contribution in [0.15, 0.2) is 66.8 Å². The Labute approximate surface area is 221 Å². The summed E-state index contributed by atoms with van der Waals surface area (Å²) in [5.41, 5.74) is 12.2. The van der Waals surface area contributed by atoms with Crippen molar-refractivity contribution in [3.63, 3.8) is 0 Å². The molecule has 4 N–H and O–H groups in total. The van der Waals surface area contributed by atoms with Gasteiger partial charge in [0.2, 0.25) is 5.91 Å². The number of anilines is 1. The molecule has 0 bridgehead atoms.